The van der Waals surface area contributed by atoms with Crippen molar-refractivity contribution in [2.45, 2.75) is 45.8 Å². The zero-order valence-corrected chi connectivity index (χ0v) is 11.6. The molecule has 0 saturated carbocycles. The molecule has 1 aliphatic heterocycles. The van der Waals surface area contributed by atoms with Gasteiger partial charge in [0.2, 0.25) is 0 Å². The molecule has 0 radical (unpaired) electrons. The van der Waals surface area contributed by atoms with E-state index in [0.717, 1.165) is 0 Å². The third-order valence-electron chi connectivity index (χ3n) is 2.91. The van der Waals surface area contributed by atoms with E-state index in [4.69, 9.17) is 21.6 Å². The first-order valence-electron chi connectivity index (χ1n) is 5.81. The Morgan fingerprint density at radius 2 is 1.94 bits per heavy atom. The van der Waals surface area contributed by atoms with Gasteiger partial charge in [0.1, 0.15) is 11.4 Å². The third-order valence-corrected chi connectivity index (χ3v) is 2.91. The lowest BCUT2D eigenvalue weighted by atomic mass is 10.0. The number of nitrogens with zero attached hydrogens (tertiary/aromatic N) is 1. The number of amides is 1. The van der Waals surface area contributed by atoms with Crippen molar-refractivity contribution >= 4 is 11.9 Å². The number of amidine groups is 1. The van der Waals surface area contributed by atoms with Gasteiger partial charge in [0.05, 0.1) is 12.1 Å². The molecule has 0 unspecified atom stereocenters. The van der Waals surface area contributed by atoms with Crippen LogP contribution in [0.3, 0.4) is 0 Å². The molecule has 0 atom stereocenters. The molecule has 0 aromatic heterocycles. The first-order valence-corrected chi connectivity index (χ1v) is 5.81. The number of nitrogens with one attached hydrogen (secondary N) is 1. The molecule has 0 spiro atoms. The summed E-state index contributed by atoms with van der Waals surface area (Å²) in [6.45, 7) is 9.23. The van der Waals surface area contributed by atoms with E-state index in [1.807, 2.05) is 13.8 Å². The summed E-state index contributed by atoms with van der Waals surface area (Å²) in [6, 6.07) is 0. The molecular weight excluding hydrogens is 232 g/mol. The van der Waals surface area contributed by atoms with Gasteiger partial charge in [-0.2, -0.15) is 0 Å². The summed E-state index contributed by atoms with van der Waals surface area (Å²) in [4.78, 5) is 13.6. The van der Waals surface area contributed by atoms with E-state index >= 15 is 0 Å². The maximum atomic E-state index is 12.1. The highest BCUT2D eigenvalue weighted by molar-refractivity contribution is 5.97. The number of carbonyl (C=O) groups is 1. The highest BCUT2D eigenvalue weighted by Gasteiger charge is 2.43. The average Bonchev–Trinajstić information content (AvgIpc) is 2.36. The Balaban J connectivity index is 2.97. The maximum absolute atomic E-state index is 12.1. The molecule has 18 heavy (non-hydrogen) atoms. The average molecular weight is 254 g/mol. The van der Waals surface area contributed by atoms with Gasteiger partial charge in [-0.25, -0.2) is 4.79 Å². The maximum Gasteiger partial charge on any atom is 0.411 e. The van der Waals surface area contributed by atoms with Crippen LogP contribution in [0.25, 0.3) is 0 Å². The molecule has 0 fully saturated rings. The van der Waals surface area contributed by atoms with Crippen molar-refractivity contribution in [3.05, 3.63) is 11.3 Å². The van der Waals surface area contributed by atoms with Crippen molar-refractivity contribution in [3.63, 3.8) is 0 Å². The molecule has 0 aromatic carbocycles. The fraction of sp³-hybridized carbons (Fsp3) is 0.667. The fourth-order valence-corrected chi connectivity index (χ4v) is 1.80. The van der Waals surface area contributed by atoms with Gasteiger partial charge in [-0.15, -0.1) is 0 Å². The summed E-state index contributed by atoms with van der Waals surface area (Å²) >= 11 is 0. The van der Waals surface area contributed by atoms with Crippen LogP contribution in [0.15, 0.2) is 11.3 Å². The molecular formula is C12H22N4O2. The molecule has 0 bridgehead atoms. The second-order valence-electron chi connectivity index (χ2n) is 5.93. The number of nitrogens with two attached hydrogens (primary N) is 2. The van der Waals surface area contributed by atoms with E-state index in [2.05, 4.69) is 0 Å². The summed E-state index contributed by atoms with van der Waals surface area (Å²) in [5, 5.41) is 7.47. The molecule has 0 saturated heterocycles. The van der Waals surface area contributed by atoms with Crippen LogP contribution in [-0.4, -0.2) is 34.5 Å². The van der Waals surface area contributed by atoms with Crippen LogP contribution in [0.2, 0.25) is 0 Å². The van der Waals surface area contributed by atoms with Gasteiger partial charge >= 0.3 is 6.09 Å². The van der Waals surface area contributed by atoms with Crippen molar-refractivity contribution < 1.29 is 9.53 Å². The minimum absolute atomic E-state index is 0.105. The van der Waals surface area contributed by atoms with Crippen molar-refractivity contribution in [2.75, 3.05) is 6.54 Å². The molecule has 1 heterocycles. The van der Waals surface area contributed by atoms with Gasteiger partial charge in [0.15, 0.2) is 0 Å². The van der Waals surface area contributed by atoms with E-state index in [1.165, 1.54) is 4.90 Å². The molecule has 6 nitrogen and oxygen atoms in total. The number of ether oxygens (including phenoxy) is 1. The minimum Gasteiger partial charge on any atom is -0.444 e. The van der Waals surface area contributed by atoms with Gasteiger partial charge in [-0.05, 0) is 34.6 Å². The smallest absolute Gasteiger partial charge is 0.411 e. The molecule has 1 amide bonds. The van der Waals surface area contributed by atoms with Crippen LogP contribution in [0.5, 0.6) is 0 Å². The van der Waals surface area contributed by atoms with Gasteiger partial charge in [-0.1, -0.05) is 0 Å². The quantitative estimate of drug-likeness (QED) is 0.482. The Morgan fingerprint density at radius 3 is 2.28 bits per heavy atom. The van der Waals surface area contributed by atoms with Crippen LogP contribution >= 0.6 is 0 Å². The van der Waals surface area contributed by atoms with Crippen LogP contribution in [0.1, 0.15) is 34.6 Å². The molecule has 5 N–H and O–H groups in total. The van der Waals surface area contributed by atoms with Crippen LogP contribution < -0.4 is 11.5 Å². The number of carbonyl (C=O) groups excluding carboxylic acids is 1. The van der Waals surface area contributed by atoms with Crippen molar-refractivity contribution in [2.24, 2.45) is 11.5 Å². The predicted octanol–water partition coefficient (Wildman–Crippen LogP) is 1.16. The molecule has 1 aliphatic rings. The molecule has 102 valence electrons. The SMILES string of the molecule is CC(C)(C)OC(=O)N1CC(C(=N)N)=C(N)C1(C)C. The fourth-order valence-electron chi connectivity index (χ4n) is 1.80. The molecule has 0 aliphatic carbocycles. The topological polar surface area (TPSA) is 105 Å². The number of rotatable bonds is 1. The first-order chi connectivity index (χ1) is 7.97. The molecule has 6 heteroatoms. The third kappa shape index (κ3) is 2.57. The Bertz CT molecular complexity index is 418. The Hall–Kier alpha value is -1.72. The summed E-state index contributed by atoms with van der Waals surface area (Å²) in [5.74, 6) is -0.105. The van der Waals surface area contributed by atoms with E-state index < -0.39 is 17.2 Å². The van der Waals surface area contributed by atoms with Crippen LogP contribution in [-0.2, 0) is 4.74 Å². The van der Waals surface area contributed by atoms with Crippen molar-refractivity contribution in [3.8, 4) is 0 Å². The Morgan fingerprint density at radius 1 is 1.44 bits per heavy atom. The lowest BCUT2D eigenvalue weighted by Crippen LogP contribution is -2.48. The first kappa shape index (κ1) is 14.3. The summed E-state index contributed by atoms with van der Waals surface area (Å²) < 4.78 is 5.33. The van der Waals surface area contributed by atoms with Gasteiger partial charge in [0, 0.05) is 11.3 Å². The van der Waals surface area contributed by atoms with Crippen molar-refractivity contribution in [1.29, 1.82) is 5.41 Å². The summed E-state index contributed by atoms with van der Waals surface area (Å²) in [5.41, 5.74) is 11.1. The normalized spacial score (nSPS) is 19.1. The largest absolute Gasteiger partial charge is 0.444 e. The van der Waals surface area contributed by atoms with Crippen LogP contribution in [0, 0.1) is 5.41 Å². The summed E-state index contributed by atoms with van der Waals surface area (Å²) in [7, 11) is 0. The monoisotopic (exact) mass is 254 g/mol. The minimum atomic E-state index is -0.691. The van der Waals surface area contributed by atoms with Gasteiger partial charge in [-0.3, -0.25) is 10.3 Å². The second kappa shape index (κ2) is 4.19. The number of hydrogen-bond acceptors (Lipinski definition) is 4. The van der Waals surface area contributed by atoms with Crippen molar-refractivity contribution in [1.82, 2.24) is 4.90 Å². The van der Waals surface area contributed by atoms with E-state index in [0.29, 0.717) is 11.3 Å². The molecule has 0 aromatic rings. The van der Waals surface area contributed by atoms with E-state index in [9.17, 15) is 4.79 Å². The standard InChI is InChI=1S/C12H22N4O2/c1-11(2,3)18-10(17)16-6-7(9(14)15)8(13)12(16,4)5/h6,13H2,1-5H3,(H3,14,15). The van der Waals surface area contributed by atoms with E-state index in [-0.39, 0.29) is 12.4 Å². The zero-order chi connectivity index (χ0) is 14.3. The lowest BCUT2D eigenvalue weighted by Gasteiger charge is -2.34. The van der Waals surface area contributed by atoms with Gasteiger partial charge in [0.25, 0.3) is 0 Å². The second-order valence-corrected chi connectivity index (χ2v) is 5.93. The van der Waals surface area contributed by atoms with E-state index in [1.54, 1.807) is 20.8 Å². The molecule has 1 rings (SSSR count). The highest BCUT2D eigenvalue weighted by Crippen LogP contribution is 2.32. The highest BCUT2D eigenvalue weighted by atomic mass is 16.6. The Labute approximate surface area is 107 Å². The lowest BCUT2D eigenvalue weighted by molar-refractivity contribution is 0.0151. The summed E-state index contributed by atoms with van der Waals surface area (Å²) in [6.07, 6.45) is -0.452. The van der Waals surface area contributed by atoms with Crippen LogP contribution in [0.4, 0.5) is 4.79 Å². The predicted molar refractivity (Wildman–Crippen MR) is 70.1 cm³/mol. The zero-order valence-electron chi connectivity index (χ0n) is 11.6. The number of hydrogen-bond donors (Lipinski definition) is 3. The Kier molecular flexibility index (Phi) is 3.34. The van der Waals surface area contributed by atoms with Gasteiger partial charge < -0.3 is 16.2 Å².